The minimum atomic E-state index is -5.16. The van der Waals surface area contributed by atoms with Crippen molar-refractivity contribution in [2.75, 3.05) is 0 Å². The number of halogens is 1. The van der Waals surface area contributed by atoms with E-state index in [1.54, 1.807) is 6.07 Å². The smallest absolute Gasteiger partial charge is 0.306 e. The summed E-state index contributed by atoms with van der Waals surface area (Å²) < 4.78 is 23.1. The quantitative estimate of drug-likeness (QED) is 0.576. The van der Waals surface area contributed by atoms with E-state index in [1.807, 2.05) is 0 Å². The van der Waals surface area contributed by atoms with Gasteiger partial charge in [-0.2, -0.15) is 0 Å². The fraction of sp³-hybridized carbons (Fsp3) is 0. The van der Waals surface area contributed by atoms with Crippen LogP contribution in [-0.2, 0) is 4.57 Å². The van der Waals surface area contributed by atoms with Gasteiger partial charge in [-0.1, -0.05) is 27.6 Å². The van der Waals surface area contributed by atoms with E-state index in [0.717, 1.165) is 0 Å². The molecule has 14 heavy (non-hydrogen) atoms. The molecule has 0 aliphatic carbocycles. The molecule has 1 rings (SSSR count). The molecule has 0 bridgehead atoms. The fourth-order valence-corrected chi connectivity index (χ4v) is 1.16. The molecule has 1 aromatic rings. The van der Waals surface area contributed by atoms with Gasteiger partial charge in [0, 0.05) is 5.56 Å². The van der Waals surface area contributed by atoms with E-state index < -0.39 is 18.5 Å². The molecule has 0 aliphatic heterocycles. The van der Waals surface area contributed by atoms with Crippen LogP contribution < -0.4 is 0 Å². The lowest BCUT2D eigenvalue weighted by molar-refractivity contribution is 0.0476. The van der Waals surface area contributed by atoms with Gasteiger partial charge < -0.3 is 9.79 Å². The Morgan fingerprint density at radius 1 is 1.29 bits per heavy atom. The molecule has 5 nitrogen and oxygen atoms in total. The van der Waals surface area contributed by atoms with Crippen LogP contribution >= 0.6 is 7.75 Å². The van der Waals surface area contributed by atoms with Crippen LogP contribution in [0.3, 0.4) is 0 Å². The molecule has 76 valence electrons. The standard InChI is InChI=1S/C7H7FNO4P/c8-9(14(11,12)13)7(10)6-4-2-1-3-5-6/h1-5H,(H2,11,12,13). The maximum atomic E-state index is 12.7. The molecule has 0 radical (unpaired) electrons. The highest BCUT2D eigenvalue weighted by Crippen LogP contribution is 2.41. The van der Waals surface area contributed by atoms with Gasteiger partial charge in [-0.25, -0.2) is 4.57 Å². The summed E-state index contributed by atoms with van der Waals surface area (Å²) in [5, 5.41) is 0. The van der Waals surface area contributed by atoms with E-state index in [9.17, 15) is 13.8 Å². The third-order valence-electron chi connectivity index (χ3n) is 1.42. The minimum absolute atomic E-state index is 0.127. The largest absolute Gasteiger partial charge is 0.460 e. The van der Waals surface area contributed by atoms with Crippen molar-refractivity contribution in [3.63, 3.8) is 0 Å². The van der Waals surface area contributed by atoms with E-state index >= 15 is 0 Å². The Balaban J connectivity index is 2.93. The predicted molar refractivity (Wildman–Crippen MR) is 45.8 cm³/mol. The number of carbonyl (C=O) groups is 1. The average Bonchev–Trinajstić information content (AvgIpc) is 2.15. The Kier molecular flexibility index (Phi) is 3.00. The normalized spacial score (nSPS) is 11.1. The summed E-state index contributed by atoms with van der Waals surface area (Å²) in [6, 6.07) is 7.02. The Morgan fingerprint density at radius 3 is 2.21 bits per heavy atom. The van der Waals surface area contributed by atoms with E-state index in [1.165, 1.54) is 24.3 Å². The predicted octanol–water partition coefficient (Wildman–Crippen LogP) is 1.11. The molecule has 0 saturated carbocycles. The van der Waals surface area contributed by atoms with Crippen molar-refractivity contribution in [2.45, 2.75) is 0 Å². The van der Waals surface area contributed by atoms with Gasteiger partial charge in [0.15, 0.2) is 0 Å². The summed E-state index contributed by atoms with van der Waals surface area (Å²) in [6.07, 6.45) is 0. The third kappa shape index (κ3) is 2.38. The lowest BCUT2D eigenvalue weighted by Gasteiger charge is -2.12. The molecule has 0 aromatic heterocycles. The summed E-state index contributed by atoms with van der Waals surface area (Å²) in [5.41, 5.74) is -0.127. The molecule has 2 N–H and O–H groups in total. The molecule has 0 saturated heterocycles. The molecule has 0 heterocycles. The third-order valence-corrected chi connectivity index (χ3v) is 2.06. The van der Waals surface area contributed by atoms with Crippen LogP contribution in [0, 0.1) is 0 Å². The van der Waals surface area contributed by atoms with Crippen LogP contribution in [-0.4, -0.2) is 20.6 Å². The molecule has 1 amide bonds. The van der Waals surface area contributed by atoms with E-state index in [-0.39, 0.29) is 5.56 Å². The van der Waals surface area contributed by atoms with Crippen molar-refractivity contribution in [1.29, 1.82) is 0 Å². The zero-order valence-corrected chi connectivity index (χ0v) is 7.76. The van der Waals surface area contributed by atoms with Crippen LogP contribution in [0.2, 0.25) is 0 Å². The SMILES string of the molecule is O=C(c1ccccc1)N(F)P(=O)(O)O. The molecule has 0 unspecified atom stereocenters. The molecular formula is C7H7FNO4P. The van der Waals surface area contributed by atoms with Gasteiger partial charge in [0.1, 0.15) is 0 Å². The monoisotopic (exact) mass is 219 g/mol. The number of hydrogen-bond donors (Lipinski definition) is 2. The molecule has 0 spiro atoms. The van der Waals surface area contributed by atoms with Crippen LogP contribution in [0.1, 0.15) is 10.4 Å². The number of rotatable bonds is 2. The van der Waals surface area contributed by atoms with E-state index in [2.05, 4.69) is 0 Å². The first-order valence-corrected chi connectivity index (χ1v) is 5.11. The summed E-state index contributed by atoms with van der Waals surface area (Å²) in [6.45, 7) is 0. The second-order valence-electron chi connectivity index (χ2n) is 2.44. The first-order chi connectivity index (χ1) is 6.43. The second-order valence-corrected chi connectivity index (χ2v) is 3.82. The highest BCUT2D eigenvalue weighted by molar-refractivity contribution is 7.49. The van der Waals surface area contributed by atoms with E-state index in [4.69, 9.17) is 9.79 Å². The Labute approximate surface area is 78.9 Å². The van der Waals surface area contributed by atoms with Gasteiger partial charge in [0.25, 0.3) is 5.91 Å². The van der Waals surface area contributed by atoms with Crippen LogP contribution in [0.5, 0.6) is 0 Å². The number of amides is 1. The van der Waals surface area contributed by atoms with Gasteiger partial charge in [0.2, 0.25) is 0 Å². The lowest BCUT2D eigenvalue weighted by atomic mass is 10.2. The van der Waals surface area contributed by atoms with Crippen molar-refractivity contribution in [3.05, 3.63) is 35.9 Å². The molecule has 0 fully saturated rings. The van der Waals surface area contributed by atoms with Gasteiger partial charge in [-0.15, -0.1) is 0 Å². The zero-order valence-electron chi connectivity index (χ0n) is 6.87. The highest BCUT2D eigenvalue weighted by Gasteiger charge is 2.31. The van der Waals surface area contributed by atoms with Crippen molar-refractivity contribution in [3.8, 4) is 0 Å². The maximum absolute atomic E-state index is 12.7. The number of carbonyl (C=O) groups excluding carboxylic acids is 1. The average molecular weight is 219 g/mol. The van der Waals surface area contributed by atoms with Crippen LogP contribution in [0.25, 0.3) is 0 Å². The van der Waals surface area contributed by atoms with Gasteiger partial charge in [-0.3, -0.25) is 4.79 Å². The number of hydrogen-bond acceptors (Lipinski definition) is 2. The zero-order chi connectivity index (χ0) is 10.8. The lowest BCUT2D eigenvalue weighted by Crippen LogP contribution is -2.19. The Morgan fingerprint density at radius 2 is 1.79 bits per heavy atom. The highest BCUT2D eigenvalue weighted by atomic mass is 31.2. The van der Waals surface area contributed by atoms with Crippen molar-refractivity contribution >= 4 is 13.7 Å². The Bertz CT molecular complexity index is 377. The molecule has 7 heteroatoms. The van der Waals surface area contributed by atoms with Crippen LogP contribution in [0.4, 0.5) is 4.48 Å². The van der Waals surface area contributed by atoms with E-state index in [0.29, 0.717) is 0 Å². The van der Waals surface area contributed by atoms with Crippen molar-refractivity contribution < 1.29 is 23.6 Å². The van der Waals surface area contributed by atoms with Crippen molar-refractivity contribution in [1.82, 2.24) is 4.89 Å². The number of nitrogens with zero attached hydrogens (tertiary/aromatic N) is 1. The van der Waals surface area contributed by atoms with Gasteiger partial charge >= 0.3 is 7.75 Å². The molecule has 1 aromatic carbocycles. The summed E-state index contributed by atoms with van der Waals surface area (Å²) in [7, 11) is -5.16. The summed E-state index contributed by atoms with van der Waals surface area (Å²) in [5.74, 6) is -1.36. The number of benzene rings is 1. The Hall–Kier alpha value is -1.23. The van der Waals surface area contributed by atoms with Crippen LogP contribution in [0.15, 0.2) is 30.3 Å². The summed E-state index contributed by atoms with van der Waals surface area (Å²) in [4.78, 5) is 26.7. The fourth-order valence-electron chi connectivity index (χ4n) is 0.806. The first kappa shape index (κ1) is 10.8. The maximum Gasteiger partial charge on any atom is 0.460 e. The topological polar surface area (TPSA) is 77.8 Å². The van der Waals surface area contributed by atoms with Gasteiger partial charge in [-0.05, 0) is 12.1 Å². The molecular weight excluding hydrogens is 212 g/mol. The molecule has 0 aliphatic rings. The van der Waals surface area contributed by atoms with Crippen molar-refractivity contribution in [2.24, 2.45) is 0 Å². The van der Waals surface area contributed by atoms with Gasteiger partial charge in [0.05, 0.1) is 0 Å². The second kappa shape index (κ2) is 3.88. The first-order valence-electron chi connectivity index (χ1n) is 3.54. The molecule has 0 atom stereocenters. The summed E-state index contributed by atoms with van der Waals surface area (Å²) >= 11 is 0. The minimum Gasteiger partial charge on any atom is -0.306 e.